The van der Waals surface area contributed by atoms with E-state index < -0.39 is 0 Å². The van der Waals surface area contributed by atoms with Gasteiger partial charge < -0.3 is 8.97 Å². The predicted molar refractivity (Wildman–Crippen MR) is 111 cm³/mol. The Kier molecular flexibility index (Phi) is 6.78. The summed E-state index contributed by atoms with van der Waals surface area (Å²) in [7, 11) is 4.20. The molecule has 6 nitrogen and oxygen atoms in total. The highest BCUT2D eigenvalue weighted by molar-refractivity contribution is 7.98. The van der Waals surface area contributed by atoms with Crippen molar-refractivity contribution in [3.05, 3.63) is 41.1 Å². The third-order valence-electron chi connectivity index (χ3n) is 4.60. The lowest BCUT2D eigenvalue weighted by Gasteiger charge is -2.23. The lowest BCUT2D eigenvalue weighted by Crippen LogP contribution is -2.23. The van der Waals surface area contributed by atoms with Gasteiger partial charge in [0.15, 0.2) is 11.0 Å². The van der Waals surface area contributed by atoms with Gasteiger partial charge in [0.25, 0.3) is 0 Å². The van der Waals surface area contributed by atoms with Gasteiger partial charge in [0.1, 0.15) is 5.65 Å². The third-order valence-corrected chi connectivity index (χ3v) is 5.83. The van der Waals surface area contributed by atoms with Crippen LogP contribution in [0.1, 0.15) is 50.7 Å². The Morgan fingerprint density at radius 2 is 2.00 bits per heavy atom. The van der Waals surface area contributed by atoms with Crippen molar-refractivity contribution in [1.82, 2.24) is 29.0 Å². The first-order valence-corrected chi connectivity index (χ1v) is 10.7. The van der Waals surface area contributed by atoms with E-state index in [1.807, 2.05) is 28.9 Å². The third kappa shape index (κ3) is 4.65. The standard InChI is InChI=1S/C19H27ClN6S/c1-5-7-10-26-18(16(6-2)24(3)4)22-23-19(26)27-13-15-12-25-11-14(20)8-9-17(25)21-15/h8-9,11-12,16H,5-7,10,13H2,1-4H3. The fraction of sp³-hybridized carbons (Fsp3) is 0.526. The highest BCUT2D eigenvalue weighted by Crippen LogP contribution is 2.27. The molecule has 3 aromatic rings. The van der Waals surface area contributed by atoms with Crippen LogP contribution in [0, 0.1) is 0 Å². The molecule has 1 atom stereocenters. The minimum atomic E-state index is 0.279. The molecule has 0 aliphatic carbocycles. The van der Waals surface area contributed by atoms with Crippen LogP contribution in [0.4, 0.5) is 0 Å². The lowest BCUT2D eigenvalue weighted by atomic mass is 10.2. The Balaban J connectivity index is 1.81. The molecule has 0 fully saturated rings. The number of rotatable bonds is 9. The van der Waals surface area contributed by atoms with Crippen LogP contribution in [0.25, 0.3) is 5.65 Å². The number of aromatic nitrogens is 5. The van der Waals surface area contributed by atoms with Gasteiger partial charge >= 0.3 is 0 Å². The Morgan fingerprint density at radius 3 is 2.70 bits per heavy atom. The van der Waals surface area contributed by atoms with E-state index in [-0.39, 0.29) is 6.04 Å². The Morgan fingerprint density at radius 1 is 1.19 bits per heavy atom. The van der Waals surface area contributed by atoms with Gasteiger partial charge in [-0.05, 0) is 39.1 Å². The lowest BCUT2D eigenvalue weighted by molar-refractivity contribution is 0.270. The minimum Gasteiger partial charge on any atom is -0.305 e. The van der Waals surface area contributed by atoms with E-state index in [4.69, 9.17) is 11.6 Å². The monoisotopic (exact) mass is 406 g/mol. The quantitative estimate of drug-likeness (QED) is 0.482. The molecule has 146 valence electrons. The van der Waals surface area contributed by atoms with Gasteiger partial charge in [-0.1, -0.05) is 43.6 Å². The molecule has 3 heterocycles. The van der Waals surface area contributed by atoms with Crippen molar-refractivity contribution in [3.8, 4) is 0 Å². The SMILES string of the molecule is CCCCn1c(SCc2cn3cc(Cl)ccc3n2)nnc1C(CC)N(C)C. The second-order valence-electron chi connectivity index (χ2n) is 6.87. The highest BCUT2D eigenvalue weighted by Gasteiger charge is 2.21. The van der Waals surface area contributed by atoms with Gasteiger partial charge in [0.2, 0.25) is 0 Å². The Labute approximate surface area is 169 Å². The zero-order valence-corrected chi connectivity index (χ0v) is 18.0. The fourth-order valence-electron chi connectivity index (χ4n) is 3.18. The van der Waals surface area contributed by atoms with E-state index in [1.165, 1.54) is 0 Å². The molecular formula is C19H27ClN6S. The first-order chi connectivity index (χ1) is 13.0. The number of imidazole rings is 1. The zero-order chi connectivity index (χ0) is 19.4. The molecule has 27 heavy (non-hydrogen) atoms. The normalized spacial score (nSPS) is 13.0. The second-order valence-corrected chi connectivity index (χ2v) is 8.25. The van der Waals surface area contributed by atoms with Crippen LogP contribution in [0.3, 0.4) is 0 Å². The van der Waals surface area contributed by atoms with Crippen LogP contribution in [-0.4, -0.2) is 43.1 Å². The Hall–Kier alpha value is -1.57. The minimum absolute atomic E-state index is 0.279. The van der Waals surface area contributed by atoms with Crippen molar-refractivity contribution in [3.63, 3.8) is 0 Å². The van der Waals surface area contributed by atoms with E-state index in [0.717, 1.165) is 53.9 Å². The molecule has 0 bridgehead atoms. The van der Waals surface area contributed by atoms with Crippen molar-refractivity contribution >= 4 is 29.0 Å². The maximum atomic E-state index is 6.06. The molecule has 0 saturated carbocycles. The number of pyridine rings is 1. The van der Waals surface area contributed by atoms with Gasteiger partial charge in [0, 0.05) is 24.7 Å². The number of halogens is 1. The molecule has 0 spiro atoms. The van der Waals surface area contributed by atoms with Crippen LogP contribution in [0.15, 0.2) is 29.7 Å². The maximum absolute atomic E-state index is 6.06. The number of unbranched alkanes of at least 4 members (excludes halogenated alkanes) is 1. The molecule has 0 radical (unpaired) electrons. The second kappa shape index (κ2) is 9.08. The highest BCUT2D eigenvalue weighted by atomic mass is 35.5. The van der Waals surface area contributed by atoms with Crippen LogP contribution >= 0.6 is 23.4 Å². The zero-order valence-electron chi connectivity index (χ0n) is 16.4. The molecular weight excluding hydrogens is 380 g/mol. The van der Waals surface area contributed by atoms with E-state index in [0.29, 0.717) is 5.02 Å². The van der Waals surface area contributed by atoms with Crippen molar-refractivity contribution in [1.29, 1.82) is 0 Å². The van der Waals surface area contributed by atoms with Gasteiger partial charge in [0.05, 0.1) is 16.8 Å². The summed E-state index contributed by atoms with van der Waals surface area (Å²) in [5.41, 5.74) is 1.91. The number of thioether (sulfide) groups is 1. The largest absolute Gasteiger partial charge is 0.305 e. The van der Waals surface area contributed by atoms with Crippen LogP contribution in [0.5, 0.6) is 0 Å². The number of nitrogens with zero attached hydrogens (tertiary/aromatic N) is 6. The molecule has 1 unspecified atom stereocenters. The summed E-state index contributed by atoms with van der Waals surface area (Å²) in [5, 5.41) is 10.7. The average Bonchev–Trinajstić information content (AvgIpc) is 3.21. The van der Waals surface area contributed by atoms with Gasteiger partial charge in [-0.25, -0.2) is 4.98 Å². The van der Waals surface area contributed by atoms with E-state index in [2.05, 4.69) is 52.6 Å². The number of hydrogen-bond donors (Lipinski definition) is 0. The summed E-state index contributed by atoms with van der Waals surface area (Å²) in [5.74, 6) is 1.81. The Bertz CT molecular complexity index is 888. The van der Waals surface area contributed by atoms with Crippen LogP contribution in [-0.2, 0) is 12.3 Å². The topological polar surface area (TPSA) is 51.3 Å². The first kappa shape index (κ1) is 20.2. The average molecular weight is 407 g/mol. The molecule has 0 saturated heterocycles. The first-order valence-electron chi connectivity index (χ1n) is 9.39. The van der Waals surface area contributed by atoms with Gasteiger partial charge in [-0.3, -0.25) is 4.90 Å². The molecule has 0 N–H and O–H groups in total. The molecule has 0 aliphatic heterocycles. The molecule has 0 aromatic carbocycles. The smallest absolute Gasteiger partial charge is 0.191 e. The molecule has 3 rings (SSSR count). The predicted octanol–water partition coefficient (Wildman–Crippen LogP) is 4.68. The summed E-state index contributed by atoms with van der Waals surface area (Å²) in [4.78, 5) is 6.88. The molecule has 8 heteroatoms. The van der Waals surface area contributed by atoms with Crippen molar-refractivity contribution in [2.75, 3.05) is 14.1 Å². The van der Waals surface area contributed by atoms with Crippen LogP contribution in [0.2, 0.25) is 5.02 Å². The van der Waals surface area contributed by atoms with Crippen molar-refractivity contribution in [2.24, 2.45) is 0 Å². The van der Waals surface area contributed by atoms with Crippen LogP contribution < -0.4 is 0 Å². The van der Waals surface area contributed by atoms with E-state index >= 15 is 0 Å². The van der Waals surface area contributed by atoms with Crippen molar-refractivity contribution in [2.45, 2.75) is 56.6 Å². The molecule has 0 aliphatic rings. The summed E-state index contributed by atoms with van der Waals surface area (Å²) < 4.78 is 4.25. The van der Waals surface area contributed by atoms with Gasteiger partial charge in [-0.15, -0.1) is 10.2 Å². The molecule has 0 amide bonds. The molecule has 3 aromatic heterocycles. The summed E-state index contributed by atoms with van der Waals surface area (Å²) in [6.07, 6.45) is 7.18. The maximum Gasteiger partial charge on any atom is 0.191 e. The van der Waals surface area contributed by atoms with Gasteiger partial charge in [-0.2, -0.15) is 0 Å². The summed E-state index contributed by atoms with van der Waals surface area (Å²) in [6.45, 7) is 5.35. The number of fused-ring (bicyclic) bond motifs is 1. The van der Waals surface area contributed by atoms with E-state index in [9.17, 15) is 0 Å². The number of hydrogen-bond acceptors (Lipinski definition) is 5. The summed E-state index contributed by atoms with van der Waals surface area (Å²) >= 11 is 7.75. The van der Waals surface area contributed by atoms with E-state index in [1.54, 1.807) is 11.8 Å². The summed E-state index contributed by atoms with van der Waals surface area (Å²) in [6, 6.07) is 4.07. The fourth-order valence-corrected chi connectivity index (χ4v) is 4.21. The van der Waals surface area contributed by atoms with Crippen molar-refractivity contribution < 1.29 is 0 Å².